The average molecular weight is 477 g/mol. The molecule has 6 heteroatoms. The third kappa shape index (κ3) is 5.45. The van der Waals surface area contributed by atoms with Crippen molar-refractivity contribution in [3.63, 3.8) is 0 Å². The first-order chi connectivity index (χ1) is 12.7. The van der Waals surface area contributed by atoms with E-state index in [1.807, 2.05) is 12.3 Å². The van der Waals surface area contributed by atoms with E-state index in [1.54, 1.807) is 0 Å². The quantitative estimate of drug-likeness (QED) is 0.285. The van der Waals surface area contributed by atoms with Crippen LogP contribution in [0.15, 0.2) is 47.6 Å². The number of rotatable bonds is 6. The highest BCUT2D eigenvalue weighted by molar-refractivity contribution is 14.0. The summed E-state index contributed by atoms with van der Waals surface area (Å²) in [6, 6.07) is 12.5. The summed E-state index contributed by atoms with van der Waals surface area (Å²) >= 11 is 0. The van der Waals surface area contributed by atoms with E-state index in [0.717, 1.165) is 31.2 Å². The van der Waals surface area contributed by atoms with E-state index in [-0.39, 0.29) is 24.0 Å². The van der Waals surface area contributed by atoms with Crippen LogP contribution in [-0.2, 0) is 13.0 Å². The average Bonchev–Trinajstić information content (AvgIpc) is 2.96. The number of hydrogen-bond donors (Lipinski definition) is 3. The molecule has 5 nitrogen and oxygen atoms in total. The van der Waals surface area contributed by atoms with Crippen molar-refractivity contribution in [1.82, 2.24) is 20.6 Å². The van der Waals surface area contributed by atoms with Gasteiger partial charge < -0.3 is 15.6 Å². The lowest BCUT2D eigenvalue weighted by molar-refractivity contribution is 0.795. The maximum atomic E-state index is 4.67. The van der Waals surface area contributed by atoms with Crippen LogP contribution < -0.4 is 10.6 Å². The van der Waals surface area contributed by atoms with Gasteiger partial charge in [0.15, 0.2) is 5.96 Å². The third-order valence-corrected chi connectivity index (χ3v) is 4.54. The van der Waals surface area contributed by atoms with E-state index < -0.39 is 0 Å². The zero-order chi connectivity index (χ0) is 18.4. The number of benzene rings is 1. The van der Waals surface area contributed by atoms with Crippen molar-refractivity contribution in [3.8, 4) is 0 Å². The minimum Gasteiger partial charge on any atom is -0.358 e. The SMILES string of the molecule is CCNC(=NCc1ncccc1C)NCCc1c(C)[nH]c2ccccc12.I. The number of aryl methyl sites for hydroxylation is 2. The number of guanidine groups is 1. The second-order valence-electron chi connectivity index (χ2n) is 6.41. The Bertz CT molecular complexity index is 900. The van der Waals surface area contributed by atoms with Crippen molar-refractivity contribution in [2.75, 3.05) is 13.1 Å². The smallest absolute Gasteiger partial charge is 0.191 e. The molecule has 0 aliphatic carbocycles. The zero-order valence-corrected chi connectivity index (χ0v) is 18.5. The van der Waals surface area contributed by atoms with E-state index in [0.29, 0.717) is 6.54 Å². The van der Waals surface area contributed by atoms with E-state index in [9.17, 15) is 0 Å². The van der Waals surface area contributed by atoms with Gasteiger partial charge in [0.25, 0.3) is 0 Å². The number of para-hydroxylation sites is 1. The van der Waals surface area contributed by atoms with Gasteiger partial charge in [-0.1, -0.05) is 24.3 Å². The largest absolute Gasteiger partial charge is 0.358 e. The van der Waals surface area contributed by atoms with Crippen LogP contribution >= 0.6 is 24.0 Å². The van der Waals surface area contributed by atoms with Gasteiger partial charge in [-0.15, -0.1) is 24.0 Å². The Balaban J connectivity index is 0.00000261. The molecule has 0 aliphatic rings. The Hall–Kier alpha value is -2.09. The van der Waals surface area contributed by atoms with Crippen LogP contribution in [0.4, 0.5) is 0 Å². The fraction of sp³-hybridized carbons (Fsp3) is 0.333. The fourth-order valence-corrected chi connectivity index (χ4v) is 3.14. The monoisotopic (exact) mass is 477 g/mol. The van der Waals surface area contributed by atoms with Gasteiger partial charge in [0.1, 0.15) is 0 Å². The second-order valence-corrected chi connectivity index (χ2v) is 6.41. The number of aliphatic imine (C=N–C) groups is 1. The lowest BCUT2D eigenvalue weighted by atomic mass is 10.1. The van der Waals surface area contributed by atoms with Gasteiger partial charge in [-0.25, -0.2) is 4.99 Å². The molecule has 144 valence electrons. The number of halogens is 1. The Kier molecular flexibility index (Phi) is 8.09. The van der Waals surface area contributed by atoms with Crippen molar-refractivity contribution in [2.45, 2.75) is 33.7 Å². The molecule has 1 aromatic carbocycles. The number of nitrogens with one attached hydrogen (secondary N) is 3. The summed E-state index contributed by atoms with van der Waals surface area (Å²) in [5, 5.41) is 8.05. The molecule has 0 atom stereocenters. The standard InChI is InChI=1S/C21H27N5.HI/c1-4-22-21(25-14-20-15(2)8-7-12-23-20)24-13-11-17-16(3)26-19-10-6-5-9-18(17)19;/h5-10,12,26H,4,11,13-14H2,1-3H3,(H2,22,24,25);1H. The first-order valence-corrected chi connectivity index (χ1v) is 9.18. The summed E-state index contributed by atoms with van der Waals surface area (Å²) in [5.74, 6) is 0.829. The summed E-state index contributed by atoms with van der Waals surface area (Å²) in [6.07, 6.45) is 2.76. The van der Waals surface area contributed by atoms with Crippen LogP contribution in [0.5, 0.6) is 0 Å². The first-order valence-electron chi connectivity index (χ1n) is 9.18. The second kappa shape index (κ2) is 10.3. The Morgan fingerprint density at radius 2 is 1.93 bits per heavy atom. The molecule has 2 aromatic heterocycles. The molecular weight excluding hydrogens is 449 g/mol. The third-order valence-electron chi connectivity index (χ3n) is 4.54. The molecule has 0 fully saturated rings. The van der Waals surface area contributed by atoms with Crippen molar-refractivity contribution in [2.24, 2.45) is 4.99 Å². The molecule has 0 spiro atoms. The van der Waals surface area contributed by atoms with Crippen LogP contribution in [0.25, 0.3) is 10.9 Å². The molecule has 0 saturated heterocycles. The molecule has 3 rings (SSSR count). The molecule has 2 heterocycles. The molecule has 0 saturated carbocycles. The minimum absolute atomic E-state index is 0. The first kappa shape index (κ1) is 21.2. The van der Waals surface area contributed by atoms with Gasteiger partial charge in [0.2, 0.25) is 0 Å². The maximum absolute atomic E-state index is 4.67. The van der Waals surface area contributed by atoms with Gasteiger partial charge in [-0.2, -0.15) is 0 Å². The molecule has 3 N–H and O–H groups in total. The number of nitrogens with zero attached hydrogens (tertiary/aromatic N) is 2. The lowest BCUT2D eigenvalue weighted by Crippen LogP contribution is -2.38. The van der Waals surface area contributed by atoms with Crippen molar-refractivity contribution >= 4 is 40.8 Å². The predicted molar refractivity (Wildman–Crippen MR) is 124 cm³/mol. The van der Waals surface area contributed by atoms with Crippen LogP contribution in [0.2, 0.25) is 0 Å². The highest BCUT2D eigenvalue weighted by atomic mass is 127. The van der Waals surface area contributed by atoms with E-state index in [4.69, 9.17) is 0 Å². The highest BCUT2D eigenvalue weighted by Crippen LogP contribution is 2.21. The van der Waals surface area contributed by atoms with Crippen molar-refractivity contribution in [1.29, 1.82) is 0 Å². The van der Waals surface area contributed by atoms with Crippen molar-refractivity contribution < 1.29 is 0 Å². The Morgan fingerprint density at radius 1 is 1.11 bits per heavy atom. The van der Waals surface area contributed by atoms with Gasteiger partial charge in [-0.3, -0.25) is 4.98 Å². The highest BCUT2D eigenvalue weighted by Gasteiger charge is 2.08. The molecule has 3 aromatic rings. The Labute approximate surface area is 178 Å². The molecular formula is C21H28IN5. The maximum Gasteiger partial charge on any atom is 0.191 e. The summed E-state index contributed by atoms with van der Waals surface area (Å²) in [5.41, 5.74) is 5.98. The summed E-state index contributed by atoms with van der Waals surface area (Å²) in [6.45, 7) is 8.52. The molecule has 0 aliphatic heterocycles. The van der Waals surface area contributed by atoms with Gasteiger partial charge >= 0.3 is 0 Å². The number of pyridine rings is 1. The van der Waals surface area contributed by atoms with E-state index >= 15 is 0 Å². The zero-order valence-electron chi connectivity index (χ0n) is 16.2. The summed E-state index contributed by atoms with van der Waals surface area (Å²) in [4.78, 5) is 12.5. The molecule has 0 unspecified atom stereocenters. The van der Waals surface area contributed by atoms with Crippen LogP contribution in [-0.4, -0.2) is 29.0 Å². The van der Waals surface area contributed by atoms with Crippen LogP contribution in [0, 0.1) is 13.8 Å². The number of aromatic amines is 1. The van der Waals surface area contributed by atoms with Gasteiger partial charge in [0.05, 0.1) is 12.2 Å². The van der Waals surface area contributed by atoms with E-state index in [2.05, 4.69) is 76.7 Å². The number of fused-ring (bicyclic) bond motifs is 1. The molecule has 0 amide bonds. The van der Waals surface area contributed by atoms with Gasteiger partial charge in [0, 0.05) is 35.9 Å². The molecule has 0 bridgehead atoms. The van der Waals surface area contributed by atoms with E-state index in [1.165, 1.54) is 27.7 Å². The number of hydrogen-bond acceptors (Lipinski definition) is 2. The summed E-state index contributed by atoms with van der Waals surface area (Å²) in [7, 11) is 0. The number of H-pyrrole nitrogens is 1. The van der Waals surface area contributed by atoms with Crippen molar-refractivity contribution in [3.05, 3.63) is 65.1 Å². The fourth-order valence-electron chi connectivity index (χ4n) is 3.14. The summed E-state index contributed by atoms with van der Waals surface area (Å²) < 4.78 is 0. The normalized spacial score (nSPS) is 11.3. The van der Waals surface area contributed by atoms with Crippen LogP contribution in [0.1, 0.15) is 29.4 Å². The Morgan fingerprint density at radius 3 is 2.70 bits per heavy atom. The molecule has 0 radical (unpaired) electrons. The molecule has 27 heavy (non-hydrogen) atoms. The topological polar surface area (TPSA) is 65.1 Å². The minimum atomic E-state index is 0. The van der Waals surface area contributed by atoms with Gasteiger partial charge in [-0.05, 0) is 50.5 Å². The number of aromatic nitrogens is 2. The lowest BCUT2D eigenvalue weighted by Gasteiger charge is -2.12. The van der Waals surface area contributed by atoms with Crippen LogP contribution in [0.3, 0.4) is 0 Å². The predicted octanol–water partition coefficient (Wildman–Crippen LogP) is 4.10.